The van der Waals surface area contributed by atoms with E-state index in [4.69, 9.17) is 21.3 Å². The lowest BCUT2D eigenvalue weighted by Crippen LogP contribution is -2.66. The van der Waals surface area contributed by atoms with Gasteiger partial charge in [-0.25, -0.2) is 13.8 Å². The summed E-state index contributed by atoms with van der Waals surface area (Å²) in [5.41, 5.74) is 1.52. The Kier molecular flexibility index (Phi) is 6.09. The van der Waals surface area contributed by atoms with Crippen molar-refractivity contribution in [2.45, 2.75) is 62.2 Å². The minimum Gasteiger partial charge on any atom is -0.474 e. The molecule has 1 aromatic carbocycles. The lowest BCUT2D eigenvalue weighted by Gasteiger charge is -2.48. The number of ether oxygens (including phenoxy) is 1. The number of fused-ring (bicyclic) bond motifs is 10. The smallest absolute Gasteiger partial charge is 0.251 e. The Morgan fingerprint density at radius 3 is 2.76 bits per heavy atom. The number of hydrogen-bond acceptors (Lipinski definition) is 8. The van der Waals surface area contributed by atoms with E-state index in [1.54, 1.807) is 30.4 Å². The summed E-state index contributed by atoms with van der Waals surface area (Å²) in [5.74, 6) is -1.08. The van der Waals surface area contributed by atoms with Gasteiger partial charge in [0.1, 0.15) is 35.4 Å². The van der Waals surface area contributed by atoms with Crippen molar-refractivity contribution >= 4 is 50.6 Å². The van der Waals surface area contributed by atoms with Crippen LogP contribution in [0.3, 0.4) is 0 Å². The molecule has 2 bridgehead atoms. The van der Waals surface area contributed by atoms with Gasteiger partial charge in [-0.3, -0.25) is 19.7 Å². The van der Waals surface area contributed by atoms with E-state index in [0.29, 0.717) is 40.7 Å². The van der Waals surface area contributed by atoms with Crippen LogP contribution in [0.15, 0.2) is 30.7 Å². The quantitative estimate of drug-likeness (QED) is 0.334. The number of nitrogens with one attached hydrogen (secondary N) is 1. The van der Waals surface area contributed by atoms with Crippen molar-refractivity contribution in [1.29, 1.82) is 0 Å². The first-order chi connectivity index (χ1) is 21.8. The monoisotopic (exact) mass is 631 g/mol. The van der Waals surface area contributed by atoms with Crippen molar-refractivity contribution < 1.29 is 18.3 Å². The van der Waals surface area contributed by atoms with Gasteiger partial charge in [-0.15, -0.1) is 0 Å². The van der Waals surface area contributed by atoms with E-state index in [-0.39, 0.29) is 51.2 Å². The van der Waals surface area contributed by atoms with Crippen LogP contribution < -0.4 is 19.9 Å². The van der Waals surface area contributed by atoms with Crippen LogP contribution in [0.2, 0.25) is 5.02 Å². The summed E-state index contributed by atoms with van der Waals surface area (Å²) in [4.78, 5) is 33.9. The third kappa shape index (κ3) is 3.90. The average molecular weight is 632 g/mol. The summed E-state index contributed by atoms with van der Waals surface area (Å²) < 4.78 is 38.1. The number of piperazine rings is 1. The van der Waals surface area contributed by atoms with Gasteiger partial charge in [0.15, 0.2) is 5.82 Å². The SMILES string of the molecule is CN1C(=O)C2C3CCC(CN2c2c1c(OCC14CCCN1CCC4)nc1c(F)c(-c4cncc5ccc(F)c(Cl)c45)ncc21)N3. The number of benzene rings is 1. The molecular formula is C33H32ClF2N7O2. The van der Waals surface area contributed by atoms with E-state index < -0.39 is 17.7 Å². The Morgan fingerprint density at radius 1 is 1.11 bits per heavy atom. The van der Waals surface area contributed by atoms with E-state index in [0.717, 1.165) is 51.6 Å². The highest BCUT2D eigenvalue weighted by atomic mass is 35.5. The second-order valence-corrected chi connectivity index (χ2v) is 13.6. The summed E-state index contributed by atoms with van der Waals surface area (Å²) in [7, 11) is 1.76. The zero-order valence-electron chi connectivity index (χ0n) is 24.8. The molecule has 1 N–H and O–H groups in total. The summed E-state index contributed by atoms with van der Waals surface area (Å²) in [5, 5.41) is 4.88. The van der Waals surface area contributed by atoms with Crippen LogP contribution in [0, 0.1) is 11.6 Å². The number of carbonyl (C=O) groups excluding carboxylic acids is 1. The summed E-state index contributed by atoms with van der Waals surface area (Å²) in [6.45, 7) is 3.11. The lowest BCUT2D eigenvalue weighted by atomic mass is 9.95. The lowest BCUT2D eigenvalue weighted by molar-refractivity contribution is -0.120. The molecule has 0 saturated carbocycles. The Hall–Kier alpha value is -3.67. The molecule has 5 aliphatic rings. The fourth-order valence-electron chi connectivity index (χ4n) is 8.73. The first kappa shape index (κ1) is 27.6. The number of halogens is 3. The van der Waals surface area contributed by atoms with Crippen molar-refractivity contribution in [2.24, 2.45) is 0 Å². The van der Waals surface area contributed by atoms with E-state index in [1.165, 1.54) is 12.3 Å². The average Bonchev–Trinajstić information content (AvgIpc) is 3.74. The highest BCUT2D eigenvalue weighted by Crippen LogP contribution is 2.50. The standard InChI is InChI=1S/C33H32ClF2N7O2/c1-41-30-28(43-15-18-5-7-22(39-18)29(43)32(41)44)20-14-38-26(19-13-37-12-17-4-6-21(35)24(34)23(17)19)25(36)27(20)40-31(30)45-16-33-8-2-10-42(33)11-3-9-33/h4,6,12-14,18,22,29,39H,2-3,5,7-11,15-16H2,1H3. The maximum atomic E-state index is 16.9. The number of nitrogens with zero attached hydrogens (tertiary/aromatic N) is 6. The predicted molar refractivity (Wildman–Crippen MR) is 168 cm³/mol. The molecule has 45 heavy (non-hydrogen) atoms. The normalized spacial score (nSPS) is 25.2. The van der Waals surface area contributed by atoms with Gasteiger partial charge in [0.05, 0.1) is 16.2 Å². The molecule has 4 saturated heterocycles. The Bertz CT molecular complexity index is 1910. The van der Waals surface area contributed by atoms with Crippen LogP contribution in [0.4, 0.5) is 20.2 Å². The molecule has 5 aliphatic heterocycles. The Balaban J connectivity index is 1.26. The molecular weight excluding hydrogens is 600 g/mol. The minimum absolute atomic E-state index is 0.000247. The van der Waals surface area contributed by atoms with Gasteiger partial charge in [0, 0.05) is 66.0 Å². The van der Waals surface area contributed by atoms with Crippen LogP contribution in [-0.4, -0.2) is 82.7 Å². The van der Waals surface area contributed by atoms with Crippen molar-refractivity contribution in [1.82, 2.24) is 25.2 Å². The van der Waals surface area contributed by atoms with Gasteiger partial charge in [0.2, 0.25) is 5.88 Å². The minimum atomic E-state index is -0.675. The van der Waals surface area contributed by atoms with E-state index in [2.05, 4.69) is 25.1 Å². The maximum absolute atomic E-state index is 16.9. The maximum Gasteiger partial charge on any atom is 0.251 e. The number of amides is 1. The second-order valence-electron chi connectivity index (χ2n) is 13.2. The van der Waals surface area contributed by atoms with Crippen LogP contribution in [0.5, 0.6) is 5.88 Å². The second kappa shape index (κ2) is 9.91. The fraction of sp³-hybridized carbons (Fsp3) is 0.455. The fourth-order valence-corrected chi connectivity index (χ4v) is 9.00. The molecule has 4 fully saturated rings. The number of pyridine rings is 3. The predicted octanol–water partition coefficient (Wildman–Crippen LogP) is 5.07. The molecule has 9 rings (SSSR count). The van der Waals surface area contributed by atoms with Crippen molar-refractivity contribution in [2.75, 3.05) is 43.1 Å². The first-order valence-corrected chi connectivity index (χ1v) is 16.1. The topological polar surface area (TPSA) is 86.7 Å². The molecule has 4 aromatic rings. The van der Waals surface area contributed by atoms with Crippen LogP contribution in [0.25, 0.3) is 32.9 Å². The number of hydrogen-bond donors (Lipinski definition) is 1. The van der Waals surface area contributed by atoms with Gasteiger partial charge >= 0.3 is 0 Å². The van der Waals surface area contributed by atoms with Gasteiger partial charge < -0.3 is 19.9 Å². The van der Waals surface area contributed by atoms with Crippen molar-refractivity contribution in [3.63, 3.8) is 0 Å². The molecule has 0 spiro atoms. The first-order valence-electron chi connectivity index (χ1n) is 15.8. The molecule has 12 heteroatoms. The molecule has 3 atom stereocenters. The van der Waals surface area contributed by atoms with Crippen molar-refractivity contribution in [3.05, 3.63) is 47.4 Å². The van der Waals surface area contributed by atoms with Gasteiger partial charge in [-0.1, -0.05) is 11.6 Å². The summed E-state index contributed by atoms with van der Waals surface area (Å²) >= 11 is 6.42. The molecule has 0 radical (unpaired) electrons. The van der Waals surface area contributed by atoms with E-state index in [9.17, 15) is 9.18 Å². The molecule has 0 aliphatic carbocycles. The third-order valence-corrected chi connectivity index (χ3v) is 11.2. The zero-order chi connectivity index (χ0) is 30.6. The van der Waals surface area contributed by atoms with Crippen LogP contribution in [-0.2, 0) is 4.79 Å². The zero-order valence-corrected chi connectivity index (χ0v) is 25.6. The number of likely N-dealkylation sites (N-methyl/N-ethyl adjacent to an activating group) is 1. The number of rotatable bonds is 4. The summed E-state index contributed by atoms with van der Waals surface area (Å²) in [6, 6.07) is 2.63. The molecule has 3 unspecified atom stereocenters. The highest BCUT2D eigenvalue weighted by molar-refractivity contribution is 6.36. The number of anilines is 2. The molecule has 9 nitrogen and oxygen atoms in total. The highest BCUT2D eigenvalue weighted by Gasteiger charge is 2.51. The van der Waals surface area contributed by atoms with Crippen LogP contribution in [0.1, 0.15) is 38.5 Å². The van der Waals surface area contributed by atoms with E-state index >= 15 is 4.39 Å². The summed E-state index contributed by atoms with van der Waals surface area (Å²) in [6.07, 6.45) is 10.8. The molecule has 1 amide bonds. The molecule has 3 aromatic heterocycles. The van der Waals surface area contributed by atoms with Gasteiger partial charge in [0.25, 0.3) is 5.91 Å². The number of carbonyl (C=O) groups is 1. The molecule has 232 valence electrons. The van der Waals surface area contributed by atoms with Crippen LogP contribution >= 0.6 is 11.6 Å². The van der Waals surface area contributed by atoms with E-state index in [1.807, 2.05) is 0 Å². The molecule has 8 heterocycles. The Labute approximate surface area is 263 Å². The largest absolute Gasteiger partial charge is 0.474 e. The third-order valence-electron chi connectivity index (χ3n) is 10.9. The van der Waals surface area contributed by atoms with Gasteiger partial charge in [-0.2, -0.15) is 0 Å². The number of aromatic nitrogens is 3. The van der Waals surface area contributed by atoms with Crippen molar-refractivity contribution in [3.8, 4) is 17.1 Å². The van der Waals surface area contributed by atoms with Gasteiger partial charge in [-0.05, 0) is 63.7 Å². The Morgan fingerprint density at radius 2 is 1.93 bits per heavy atom.